The highest BCUT2D eigenvalue weighted by molar-refractivity contribution is 6.00. The zero-order valence-electron chi connectivity index (χ0n) is 21.6. The second-order valence-corrected chi connectivity index (χ2v) is 13.1. The SMILES string of the molecule is CC(C)CC[C@@H](O)[C@](C)(O)[C@H]1CC[C@@]2(O)C3=CC(=O)[C@]4(O)C[C@@H](O)[C@H](O)C[C@]4(C)[C@H]3[C@H](O)C[C@]12C. The van der Waals surface area contributed by atoms with Crippen LogP contribution in [-0.4, -0.2) is 82.7 Å². The van der Waals surface area contributed by atoms with Gasteiger partial charge in [-0.05, 0) is 68.9 Å². The van der Waals surface area contributed by atoms with Gasteiger partial charge in [0, 0.05) is 23.2 Å². The second kappa shape index (κ2) is 8.32. The summed E-state index contributed by atoms with van der Waals surface area (Å²) in [6.07, 6.45) is -1.83. The normalized spacial score (nSPS) is 50.1. The van der Waals surface area contributed by atoms with Crippen molar-refractivity contribution in [1.29, 1.82) is 0 Å². The van der Waals surface area contributed by atoms with Crippen LogP contribution in [0.5, 0.6) is 0 Å². The lowest BCUT2D eigenvalue weighted by Crippen LogP contribution is -2.71. The van der Waals surface area contributed by atoms with E-state index in [1.54, 1.807) is 13.8 Å². The van der Waals surface area contributed by atoms with Crippen molar-refractivity contribution < 1.29 is 40.5 Å². The predicted octanol–water partition coefficient (Wildman–Crippen LogP) is 0.825. The van der Waals surface area contributed by atoms with E-state index in [0.717, 1.165) is 6.42 Å². The molecular weight excluding hydrogens is 452 g/mol. The molecule has 35 heavy (non-hydrogen) atoms. The van der Waals surface area contributed by atoms with Gasteiger partial charge in [-0.2, -0.15) is 0 Å². The summed E-state index contributed by atoms with van der Waals surface area (Å²) >= 11 is 0. The quantitative estimate of drug-likeness (QED) is 0.295. The fourth-order valence-corrected chi connectivity index (χ4v) is 8.42. The third kappa shape index (κ3) is 3.55. The van der Waals surface area contributed by atoms with Crippen LogP contribution in [0.25, 0.3) is 0 Å². The molecule has 0 unspecified atom stereocenters. The highest BCUT2D eigenvalue weighted by atomic mass is 16.3. The number of carbonyl (C=O) groups excluding carboxylic acids is 1. The molecule has 4 aliphatic carbocycles. The average molecular weight is 497 g/mol. The molecule has 3 fully saturated rings. The highest BCUT2D eigenvalue weighted by Gasteiger charge is 2.73. The zero-order chi connectivity index (χ0) is 26.4. The van der Waals surface area contributed by atoms with E-state index in [1.165, 1.54) is 6.08 Å². The highest BCUT2D eigenvalue weighted by Crippen LogP contribution is 2.69. The molecule has 0 aromatic rings. The van der Waals surface area contributed by atoms with Gasteiger partial charge in [0.05, 0.1) is 35.6 Å². The maximum atomic E-state index is 13.3. The average Bonchev–Trinajstić information content (AvgIpc) is 3.01. The molecule has 0 saturated heterocycles. The molecule has 0 heterocycles. The smallest absolute Gasteiger partial charge is 0.187 e. The molecule has 11 atom stereocenters. The molecule has 7 N–H and O–H groups in total. The summed E-state index contributed by atoms with van der Waals surface area (Å²) in [5.41, 5.74) is -7.02. The lowest BCUT2D eigenvalue weighted by atomic mass is 9.43. The van der Waals surface area contributed by atoms with Crippen LogP contribution in [0.4, 0.5) is 0 Å². The Hall–Kier alpha value is -0.870. The molecule has 4 aliphatic rings. The van der Waals surface area contributed by atoms with Gasteiger partial charge in [0.1, 0.15) is 5.60 Å². The Bertz CT molecular complexity index is 900. The Balaban J connectivity index is 1.76. The number of aliphatic hydroxyl groups excluding tert-OH is 4. The largest absolute Gasteiger partial charge is 0.392 e. The summed E-state index contributed by atoms with van der Waals surface area (Å²) in [7, 11) is 0. The van der Waals surface area contributed by atoms with Crippen LogP contribution >= 0.6 is 0 Å². The van der Waals surface area contributed by atoms with Crippen molar-refractivity contribution >= 4 is 5.78 Å². The van der Waals surface area contributed by atoms with Gasteiger partial charge in [-0.25, -0.2) is 0 Å². The summed E-state index contributed by atoms with van der Waals surface area (Å²) in [5, 5.41) is 78.4. The fraction of sp³-hybridized carbons (Fsp3) is 0.889. The van der Waals surface area contributed by atoms with Crippen LogP contribution in [0.1, 0.15) is 79.6 Å². The van der Waals surface area contributed by atoms with Gasteiger partial charge in [0.25, 0.3) is 0 Å². The van der Waals surface area contributed by atoms with Gasteiger partial charge in [0.2, 0.25) is 0 Å². The molecule has 4 rings (SSSR count). The number of fused-ring (bicyclic) bond motifs is 5. The lowest BCUT2D eigenvalue weighted by molar-refractivity contribution is -0.228. The summed E-state index contributed by atoms with van der Waals surface area (Å²) in [6.45, 7) is 9.14. The number of ketones is 1. The van der Waals surface area contributed by atoms with E-state index in [2.05, 4.69) is 0 Å². The molecule has 3 saturated carbocycles. The monoisotopic (exact) mass is 496 g/mol. The van der Waals surface area contributed by atoms with Crippen LogP contribution in [0.3, 0.4) is 0 Å². The number of rotatable bonds is 5. The van der Waals surface area contributed by atoms with E-state index in [0.29, 0.717) is 24.3 Å². The van der Waals surface area contributed by atoms with Crippen molar-refractivity contribution in [1.82, 2.24) is 0 Å². The van der Waals surface area contributed by atoms with E-state index in [4.69, 9.17) is 0 Å². The van der Waals surface area contributed by atoms with E-state index in [-0.39, 0.29) is 25.7 Å². The topological polar surface area (TPSA) is 159 Å². The Morgan fingerprint density at radius 1 is 0.971 bits per heavy atom. The molecule has 200 valence electrons. The molecule has 8 heteroatoms. The van der Waals surface area contributed by atoms with Crippen LogP contribution in [0.2, 0.25) is 0 Å². The third-order valence-electron chi connectivity index (χ3n) is 10.6. The second-order valence-electron chi connectivity index (χ2n) is 13.1. The zero-order valence-corrected chi connectivity index (χ0v) is 21.6. The van der Waals surface area contributed by atoms with Gasteiger partial charge in [-0.3, -0.25) is 4.79 Å². The summed E-state index contributed by atoms with van der Waals surface area (Å²) in [6, 6.07) is 0. The number of carbonyl (C=O) groups is 1. The maximum Gasteiger partial charge on any atom is 0.187 e. The number of aliphatic hydroxyl groups is 7. The first kappa shape index (κ1) is 27.2. The van der Waals surface area contributed by atoms with Gasteiger partial charge in [-0.1, -0.05) is 27.7 Å². The minimum Gasteiger partial charge on any atom is -0.392 e. The van der Waals surface area contributed by atoms with Crippen molar-refractivity contribution in [3.63, 3.8) is 0 Å². The Kier molecular flexibility index (Phi) is 6.46. The van der Waals surface area contributed by atoms with Crippen molar-refractivity contribution in [3.05, 3.63) is 11.6 Å². The van der Waals surface area contributed by atoms with Crippen molar-refractivity contribution in [2.24, 2.45) is 28.6 Å². The van der Waals surface area contributed by atoms with E-state index < -0.39 is 69.7 Å². The van der Waals surface area contributed by atoms with Gasteiger partial charge in [0.15, 0.2) is 5.78 Å². The van der Waals surface area contributed by atoms with Crippen LogP contribution < -0.4 is 0 Å². The van der Waals surface area contributed by atoms with Crippen molar-refractivity contribution in [3.8, 4) is 0 Å². The Morgan fingerprint density at radius 3 is 2.14 bits per heavy atom. The van der Waals surface area contributed by atoms with Gasteiger partial charge < -0.3 is 35.7 Å². The molecule has 0 amide bonds. The number of hydrogen-bond acceptors (Lipinski definition) is 8. The van der Waals surface area contributed by atoms with Crippen molar-refractivity contribution in [2.75, 3.05) is 0 Å². The fourth-order valence-electron chi connectivity index (χ4n) is 8.42. The van der Waals surface area contributed by atoms with Gasteiger partial charge >= 0.3 is 0 Å². The minimum atomic E-state index is -1.97. The van der Waals surface area contributed by atoms with Crippen molar-refractivity contribution in [2.45, 2.75) is 121 Å². The minimum absolute atomic E-state index is 0.0989. The first-order valence-corrected chi connectivity index (χ1v) is 13.1. The maximum absolute atomic E-state index is 13.3. The molecule has 0 aromatic carbocycles. The molecule has 0 spiro atoms. The molecule has 0 aromatic heterocycles. The molecule has 0 bridgehead atoms. The molecular formula is C27H44O8. The van der Waals surface area contributed by atoms with E-state index in [9.17, 15) is 40.5 Å². The molecule has 8 nitrogen and oxygen atoms in total. The summed E-state index contributed by atoms with van der Waals surface area (Å²) in [4.78, 5) is 13.3. The standard InChI is InChI=1S/C27H44O8/c1-14(2)6-7-20(31)25(5,33)19-8-9-26(34)15-10-21(32)27(35)13-17(29)16(28)11-24(27,4)22(15)18(30)12-23(19,26)3/h10,14,16-20,22,28-31,33-35H,6-9,11-13H2,1-5H3/t16-,17-,18-,19+,20-,22-,23-,24-,25-,26-,27-/m1/s1. The Morgan fingerprint density at radius 2 is 1.54 bits per heavy atom. The third-order valence-corrected chi connectivity index (χ3v) is 10.6. The Labute approximate surface area is 207 Å². The lowest BCUT2D eigenvalue weighted by Gasteiger charge is -2.64. The summed E-state index contributed by atoms with van der Waals surface area (Å²) in [5.74, 6) is -1.63. The van der Waals surface area contributed by atoms with E-state index in [1.807, 2.05) is 20.8 Å². The number of hydrogen-bond donors (Lipinski definition) is 7. The van der Waals surface area contributed by atoms with Crippen LogP contribution in [0.15, 0.2) is 11.6 Å². The summed E-state index contributed by atoms with van der Waals surface area (Å²) < 4.78 is 0. The van der Waals surface area contributed by atoms with Gasteiger partial charge in [-0.15, -0.1) is 0 Å². The van der Waals surface area contributed by atoms with E-state index >= 15 is 0 Å². The van der Waals surface area contributed by atoms with Crippen LogP contribution in [-0.2, 0) is 4.79 Å². The predicted molar refractivity (Wildman–Crippen MR) is 128 cm³/mol. The molecule has 0 radical (unpaired) electrons. The molecule has 0 aliphatic heterocycles. The van der Waals surface area contributed by atoms with Crippen LogP contribution in [0, 0.1) is 28.6 Å². The first-order valence-electron chi connectivity index (χ1n) is 13.1. The first-order chi connectivity index (χ1) is 16.0.